The molecule has 2 heterocycles. The third kappa shape index (κ3) is 2.87. The average Bonchev–Trinajstić information content (AvgIpc) is 2.84. The molecule has 1 spiro atoms. The van der Waals surface area contributed by atoms with Crippen LogP contribution < -0.4 is 10.1 Å². The van der Waals surface area contributed by atoms with Gasteiger partial charge in [0.05, 0.1) is 22.7 Å². The van der Waals surface area contributed by atoms with Crippen LogP contribution in [-0.2, 0) is 4.74 Å². The number of rotatable bonds is 3. The Kier molecular flexibility index (Phi) is 3.82. The molecule has 1 atom stereocenters. The molecule has 1 N–H and O–H groups in total. The number of nitrogens with one attached hydrogen (secondary N) is 1. The zero-order chi connectivity index (χ0) is 14.9. The largest absolute Gasteiger partial charge is 0.487 e. The Morgan fingerprint density at radius 1 is 1.43 bits per heavy atom. The predicted octanol–water partition coefficient (Wildman–Crippen LogP) is 2.19. The molecule has 0 saturated carbocycles. The number of nitro groups is 1. The molecule has 2 saturated heterocycles. The summed E-state index contributed by atoms with van der Waals surface area (Å²) in [6.07, 6.45) is 2.84. The fraction of sp³-hybridized carbons (Fsp3) is 0.600. The van der Waals surface area contributed by atoms with Crippen LogP contribution in [0.25, 0.3) is 0 Å². The van der Waals surface area contributed by atoms with Crippen molar-refractivity contribution in [2.45, 2.75) is 37.9 Å². The van der Waals surface area contributed by atoms with Crippen LogP contribution in [0.5, 0.6) is 5.75 Å². The van der Waals surface area contributed by atoms with Crippen LogP contribution in [-0.4, -0.2) is 36.3 Å². The molecule has 0 aromatic heterocycles. The van der Waals surface area contributed by atoms with E-state index in [0.717, 1.165) is 32.4 Å². The maximum atomic E-state index is 11.0. The highest BCUT2D eigenvalue weighted by atomic mass is 16.6. The van der Waals surface area contributed by atoms with E-state index in [1.54, 1.807) is 19.1 Å². The van der Waals surface area contributed by atoms with Gasteiger partial charge < -0.3 is 14.8 Å². The van der Waals surface area contributed by atoms with Crippen LogP contribution in [0.3, 0.4) is 0 Å². The summed E-state index contributed by atoms with van der Waals surface area (Å²) in [4.78, 5) is 10.6. The van der Waals surface area contributed by atoms with Crippen molar-refractivity contribution in [2.24, 2.45) is 0 Å². The minimum atomic E-state index is -0.373. The molecule has 1 unspecified atom stereocenters. The van der Waals surface area contributed by atoms with E-state index in [2.05, 4.69) is 5.32 Å². The standard InChI is InChI=1S/C15H20N2O4/c1-11-13(17(18)19)3-2-4-14(11)21-12-9-15(20-10-12)5-7-16-8-6-15/h2-4,12,16H,5-10H2,1H3. The molecule has 0 aliphatic carbocycles. The monoisotopic (exact) mass is 292 g/mol. The first-order valence-electron chi connectivity index (χ1n) is 7.35. The van der Waals surface area contributed by atoms with Crippen LogP contribution in [0.4, 0.5) is 5.69 Å². The van der Waals surface area contributed by atoms with Gasteiger partial charge in [0.1, 0.15) is 11.9 Å². The second kappa shape index (κ2) is 5.61. The minimum Gasteiger partial charge on any atom is -0.487 e. The number of hydrogen-bond acceptors (Lipinski definition) is 5. The van der Waals surface area contributed by atoms with E-state index in [-0.39, 0.29) is 22.3 Å². The molecule has 114 valence electrons. The summed E-state index contributed by atoms with van der Waals surface area (Å²) in [5, 5.41) is 14.3. The van der Waals surface area contributed by atoms with Crippen molar-refractivity contribution in [3.8, 4) is 5.75 Å². The molecular weight excluding hydrogens is 272 g/mol. The van der Waals surface area contributed by atoms with E-state index < -0.39 is 0 Å². The van der Waals surface area contributed by atoms with Crippen LogP contribution in [0, 0.1) is 17.0 Å². The quantitative estimate of drug-likeness (QED) is 0.683. The third-order valence-electron chi connectivity index (χ3n) is 4.44. The SMILES string of the molecule is Cc1c(OC2COC3(CCNCC3)C2)cccc1[N+](=O)[O-]. The maximum absolute atomic E-state index is 11.0. The summed E-state index contributed by atoms with van der Waals surface area (Å²) in [6.45, 7) is 4.23. The summed E-state index contributed by atoms with van der Waals surface area (Å²) in [7, 11) is 0. The lowest BCUT2D eigenvalue weighted by molar-refractivity contribution is -0.385. The van der Waals surface area contributed by atoms with Gasteiger partial charge in [0.15, 0.2) is 0 Å². The molecule has 2 aliphatic rings. The number of hydrogen-bond donors (Lipinski definition) is 1. The van der Waals surface area contributed by atoms with Gasteiger partial charge in [0, 0.05) is 12.5 Å². The first-order chi connectivity index (χ1) is 10.1. The second-order valence-electron chi connectivity index (χ2n) is 5.85. The fourth-order valence-corrected chi connectivity index (χ4v) is 3.22. The van der Waals surface area contributed by atoms with Gasteiger partial charge in [-0.1, -0.05) is 6.07 Å². The molecule has 6 nitrogen and oxygen atoms in total. The van der Waals surface area contributed by atoms with Crippen LogP contribution in [0.15, 0.2) is 18.2 Å². The van der Waals surface area contributed by atoms with E-state index in [1.807, 2.05) is 0 Å². The van der Waals surface area contributed by atoms with Gasteiger partial charge in [0.2, 0.25) is 0 Å². The van der Waals surface area contributed by atoms with E-state index in [0.29, 0.717) is 17.9 Å². The van der Waals surface area contributed by atoms with E-state index in [4.69, 9.17) is 9.47 Å². The molecule has 0 bridgehead atoms. The predicted molar refractivity (Wildman–Crippen MR) is 77.7 cm³/mol. The van der Waals surface area contributed by atoms with E-state index in [1.165, 1.54) is 6.07 Å². The number of benzene rings is 1. The lowest BCUT2D eigenvalue weighted by Crippen LogP contribution is -2.41. The van der Waals surface area contributed by atoms with Gasteiger partial charge in [-0.05, 0) is 38.9 Å². The lowest BCUT2D eigenvalue weighted by atomic mass is 9.89. The number of nitrogens with zero attached hydrogens (tertiary/aromatic N) is 1. The summed E-state index contributed by atoms with van der Waals surface area (Å²) in [5.41, 5.74) is 0.613. The van der Waals surface area contributed by atoms with Crippen molar-refractivity contribution in [3.63, 3.8) is 0 Å². The number of ether oxygens (including phenoxy) is 2. The van der Waals surface area contributed by atoms with Crippen molar-refractivity contribution in [2.75, 3.05) is 19.7 Å². The molecule has 6 heteroatoms. The maximum Gasteiger partial charge on any atom is 0.276 e. The molecule has 0 amide bonds. The fourth-order valence-electron chi connectivity index (χ4n) is 3.22. The smallest absolute Gasteiger partial charge is 0.276 e. The van der Waals surface area contributed by atoms with Crippen molar-refractivity contribution in [1.29, 1.82) is 0 Å². The minimum absolute atomic E-state index is 0.0243. The highest BCUT2D eigenvalue weighted by Crippen LogP contribution is 2.37. The molecule has 21 heavy (non-hydrogen) atoms. The normalized spacial score (nSPS) is 24.1. The highest BCUT2D eigenvalue weighted by Gasteiger charge is 2.42. The van der Waals surface area contributed by atoms with Crippen molar-refractivity contribution >= 4 is 5.69 Å². The van der Waals surface area contributed by atoms with Gasteiger partial charge in [-0.25, -0.2) is 0 Å². The summed E-state index contributed by atoms with van der Waals surface area (Å²) in [5.74, 6) is 0.587. The molecule has 3 rings (SSSR count). The Bertz CT molecular complexity index is 540. The van der Waals surface area contributed by atoms with Crippen molar-refractivity contribution in [1.82, 2.24) is 5.32 Å². The second-order valence-corrected chi connectivity index (χ2v) is 5.85. The van der Waals surface area contributed by atoms with Crippen LogP contribution in [0.2, 0.25) is 0 Å². The summed E-state index contributed by atoms with van der Waals surface area (Å²) in [6, 6.07) is 4.95. The summed E-state index contributed by atoms with van der Waals surface area (Å²) >= 11 is 0. The Balaban J connectivity index is 1.70. The molecule has 1 aromatic rings. The van der Waals surface area contributed by atoms with Crippen LogP contribution in [0.1, 0.15) is 24.8 Å². The van der Waals surface area contributed by atoms with Gasteiger partial charge in [-0.15, -0.1) is 0 Å². The van der Waals surface area contributed by atoms with E-state index >= 15 is 0 Å². The molecule has 2 aliphatic heterocycles. The van der Waals surface area contributed by atoms with Gasteiger partial charge in [-0.2, -0.15) is 0 Å². The Hall–Kier alpha value is -1.66. The first-order valence-corrected chi connectivity index (χ1v) is 7.35. The van der Waals surface area contributed by atoms with Crippen molar-refractivity contribution < 1.29 is 14.4 Å². The van der Waals surface area contributed by atoms with Crippen molar-refractivity contribution in [3.05, 3.63) is 33.9 Å². The topological polar surface area (TPSA) is 73.6 Å². The number of nitro benzene ring substituents is 1. The third-order valence-corrected chi connectivity index (χ3v) is 4.44. The van der Waals surface area contributed by atoms with Crippen LogP contribution >= 0.6 is 0 Å². The molecule has 2 fully saturated rings. The van der Waals surface area contributed by atoms with E-state index in [9.17, 15) is 10.1 Å². The molecular formula is C15H20N2O4. The Labute approximate surface area is 123 Å². The summed E-state index contributed by atoms with van der Waals surface area (Å²) < 4.78 is 12.0. The zero-order valence-corrected chi connectivity index (χ0v) is 12.1. The number of piperidine rings is 1. The van der Waals surface area contributed by atoms with Gasteiger partial charge in [0.25, 0.3) is 5.69 Å². The zero-order valence-electron chi connectivity index (χ0n) is 12.1. The molecule has 1 aromatic carbocycles. The first kappa shape index (κ1) is 14.3. The average molecular weight is 292 g/mol. The highest BCUT2D eigenvalue weighted by molar-refractivity contribution is 5.48. The Morgan fingerprint density at radius 2 is 2.19 bits per heavy atom. The lowest BCUT2D eigenvalue weighted by Gasteiger charge is -2.32. The van der Waals surface area contributed by atoms with Gasteiger partial charge >= 0.3 is 0 Å². The Morgan fingerprint density at radius 3 is 2.90 bits per heavy atom. The van der Waals surface area contributed by atoms with Gasteiger partial charge in [-0.3, -0.25) is 10.1 Å². The molecule has 0 radical (unpaired) electrons.